The van der Waals surface area contributed by atoms with E-state index in [1.807, 2.05) is 36.3 Å². The third kappa shape index (κ3) is 2.12. The summed E-state index contributed by atoms with van der Waals surface area (Å²) < 4.78 is 0. The Morgan fingerprint density at radius 1 is 1.33 bits per heavy atom. The van der Waals surface area contributed by atoms with Gasteiger partial charge in [-0.1, -0.05) is 39.7 Å². The zero-order valence-electron chi connectivity index (χ0n) is 8.22. The van der Waals surface area contributed by atoms with Crippen LogP contribution in [0.1, 0.15) is 5.56 Å². The van der Waals surface area contributed by atoms with Gasteiger partial charge in [-0.15, -0.1) is 5.53 Å². The molecule has 0 fully saturated rings. The molecule has 1 aromatic rings. The maximum atomic E-state index is 5.85. The Bertz CT molecular complexity index is 388. The van der Waals surface area contributed by atoms with E-state index in [-0.39, 0.29) is 0 Å². The number of rotatable bonds is 2. The Balaban J connectivity index is 2.38. The van der Waals surface area contributed by atoms with Crippen LogP contribution in [0.4, 0.5) is 0 Å². The highest BCUT2D eigenvalue weighted by molar-refractivity contribution is 9.09. The molecule has 15 heavy (non-hydrogen) atoms. The average Bonchev–Trinajstić information content (AvgIpc) is 2.61. The van der Waals surface area contributed by atoms with Crippen LogP contribution in [0.2, 0.25) is 5.02 Å². The molecular weight excluding hydrogens is 277 g/mol. The van der Waals surface area contributed by atoms with Crippen LogP contribution in [0.25, 0.3) is 5.70 Å². The molecule has 0 aliphatic carbocycles. The van der Waals surface area contributed by atoms with Gasteiger partial charge < -0.3 is 5.43 Å². The number of nitrogens with one attached hydrogen (secondary N) is 2. The molecule has 0 bridgehead atoms. The molecule has 0 radical (unpaired) electrons. The molecule has 1 aromatic carbocycles. The summed E-state index contributed by atoms with van der Waals surface area (Å²) in [6.07, 6.45) is 0. The molecule has 5 heteroatoms. The average molecular weight is 289 g/mol. The van der Waals surface area contributed by atoms with Gasteiger partial charge in [-0.3, -0.25) is 5.01 Å². The summed E-state index contributed by atoms with van der Waals surface area (Å²) in [6.45, 7) is 0. The zero-order chi connectivity index (χ0) is 10.8. The number of hydrogen-bond acceptors (Lipinski definition) is 3. The number of hydrazine groups is 2. The van der Waals surface area contributed by atoms with E-state index in [4.69, 9.17) is 11.6 Å². The van der Waals surface area contributed by atoms with Crippen LogP contribution in [-0.2, 0) is 0 Å². The summed E-state index contributed by atoms with van der Waals surface area (Å²) in [6, 6.07) is 7.76. The number of alkyl halides is 1. The Hall–Kier alpha value is -0.710. The van der Waals surface area contributed by atoms with E-state index in [1.54, 1.807) is 0 Å². The van der Waals surface area contributed by atoms with Crippen LogP contribution >= 0.6 is 27.5 Å². The lowest BCUT2D eigenvalue weighted by Crippen LogP contribution is -2.34. The quantitative estimate of drug-likeness (QED) is 0.818. The first-order valence-corrected chi connectivity index (χ1v) is 6.03. The van der Waals surface area contributed by atoms with E-state index in [2.05, 4.69) is 26.9 Å². The second-order valence-corrected chi connectivity index (χ2v) is 4.26. The van der Waals surface area contributed by atoms with Gasteiger partial charge in [0, 0.05) is 23.0 Å². The zero-order valence-corrected chi connectivity index (χ0v) is 10.6. The Morgan fingerprint density at radius 3 is 2.60 bits per heavy atom. The predicted octanol–water partition coefficient (Wildman–Crippen LogP) is 2.36. The fourth-order valence-corrected chi connectivity index (χ4v) is 2.24. The summed E-state index contributed by atoms with van der Waals surface area (Å²) in [5.41, 5.74) is 9.51. The molecule has 0 aromatic heterocycles. The van der Waals surface area contributed by atoms with Gasteiger partial charge in [0.25, 0.3) is 0 Å². The minimum atomic E-state index is 0.749. The summed E-state index contributed by atoms with van der Waals surface area (Å²) in [4.78, 5) is 0. The fraction of sp³-hybridized carbons (Fsp3) is 0.200. The predicted molar refractivity (Wildman–Crippen MR) is 66.2 cm³/mol. The van der Waals surface area contributed by atoms with Crippen molar-refractivity contribution in [2.75, 3.05) is 12.4 Å². The molecule has 0 spiro atoms. The summed E-state index contributed by atoms with van der Waals surface area (Å²) >= 11 is 9.31. The highest BCUT2D eigenvalue weighted by Crippen LogP contribution is 2.23. The van der Waals surface area contributed by atoms with Crippen molar-refractivity contribution < 1.29 is 0 Å². The first kappa shape index (κ1) is 10.8. The highest BCUT2D eigenvalue weighted by Gasteiger charge is 2.18. The van der Waals surface area contributed by atoms with Gasteiger partial charge in [0.05, 0.1) is 11.4 Å². The SMILES string of the molecule is CN1NNC(c2ccc(Cl)cc2)=C1CBr. The van der Waals surface area contributed by atoms with Gasteiger partial charge in [0.15, 0.2) is 0 Å². The third-order valence-corrected chi connectivity index (χ3v) is 3.08. The lowest BCUT2D eigenvalue weighted by atomic mass is 10.1. The minimum Gasteiger partial charge on any atom is -0.301 e. The maximum Gasteiger partial charge on any atom is 0.0792 e. The van der Waals surface area contributed by atoms with Crippen molar-refractivity contribution in [2.24, 2.45) is 0 Å². The van der Waals surface area contributed by atoms with Crippen molar-refractivity contribution in [1.82, 2.24) is 16.0 Å². The first-order chi connectivity index (χ1) is 7.22. The van der Waals surface area contributed by atoms with E-state index in [9.17, 15) is 0 Å². The van der Waals surface area contributed by atoms with E-state index < -0.39 is 0 Å². The largest absolute Gasteiger partial charge is 0.301 e. The van der Waals surface area contributed by atoms with Crippen molar-refractivity contribution in [3.05, 3.63) is 40.5 Å². The summed E-state index contributed by atoms with van der Waals surface area (Å²) in [7, 11) is 1.96. The van der Waals surface area contributed by atoms with Crippen LogP contribution in [0.15, 0.2) is 30.0 Å². The van der Waals surface area contributed by atoms with Gasteiger partial charge in [-0.05, 0) is 12.1 Å². The highest BCUT2D eigenvalue weighted by atomic mass is 79.9. The van der Waals surface area contributed by atoms with Crippen molar-refractivity contribution in [2.45, 2.75) is 0 Å². The monoisotopic (exact) mass is 287 g/mol. The van der Waals surface area contributed by atoms with Gasteiger partial charge in [-0.25, -0.2) is 0 Å². The van der Waals surface area contributed by atoms with E-state index >= 15 is 0 Å². The van der Waals surface area contributed by atoms with Crippen LogP contribution in [-0.4, -0.2) is 17.4 Å². The number of nitrogens with zero attached hydrogens (tertiary/aromatic N) is 1. The van der Waals surface area contributed by atoms with Gasteiger partial charge in [-0.2, -0.15) is 0 Å². The van der Waals surface area contributed by atoms with Gasteiger partial charge in [0.1, 0.15) is 0 Å². The van der Waals surface area contributed by atoms with Gasteiger partial charge in [0.2, 0.25) is 0 Å². The fourth-order valence-electron chi connectivity index (χ4n) is 1.46. The molecule has 0 atom stereocenters. The molecule has 0 saturated heterocycles. The second-order valence-electron chi connectivity index (χ2n) is 3.26. The molecule has 3 nitrogen and oxygen atoms in total. The van der Waals surface area contributed by atoms with Crippen molar-refractivity contribution >= 4 is 33.2 Å². The molecule has 0 saturated carbocycles. The molecule has 1 heterocycles. The molecule has 0 amide bonds. The smallest absolute Gasteiger partial charge is 0.0792 e. The molecule has 2 rings (SSSR count). The third-order valence-electron chi connectivity index (χ3n) is 2.30. The van der Waals surface area contributed by atoms with Crippen molar-refractivity contribution in [3.8, 4) is 0 Å². The maximum absolute atomic E-state index is 5.85. The normalized spacial score (nSPS) is 15.8. The molecule has 0 unspecified atom stereocenters. The molecule has 80 valence electrons. The van der Waals surface area contributed by atoms with Crippen LogP contribution < -0.4 is 11.0 Å². The molecule has 1 aliphatic rings. The van der Waals surface area contributed by atoms with E-state index in [0.717, 1.165) is 27.3 Å². The Kier molecular flexibility index (Phi) is 3.19. The topological polar surface area (TPSA) is 27.3 Å². The molecule has 1 aliphatic heterocycles. The van der Waals surface area contributed by atoms with E-state index in [1.165, 1.54) is 0 Å². The van der Waals surface area contributed by atoms with E-state index in [0.29, 0.717) is 0 Å². The van der Waals surface area contributed by atoms with Crippen LogP contribution in [0.5, 0.6) is 0 Å². The number of hydrogen-bond donors (Lipinski definition) is 2. The first-order valence-electron chi connectivity index (χ1n) is 4.53. The number of allylic oxidation sites excluding steroid dienone is 1. The Labute approximate surface area is 102 Å². The second kappa shape index (κ2) is 4.43. The minimum absolute atomic E-state index is 0.749. The number of benzene rings is 1. The molecule has 2 N–H and O–H groups in total. The Morgan fingerprint density at radius 2 is 2.00 bits per heavy atom. The summed E-state index contributed by atoms with van der Waals surface area (Å²) in [5.74, 6) is 0. The lowest BCUT2D eigenvalue weighted by Gasteiger charge is -2.11. The number of halogens is 2. The standard InChI is InChI=1S/C10H11BrClN3/c1-15-9(6-11)10(13-14-15)7-2-4-8(12)5-3-7/h2-5,13-14H,6H2,1H3. The van der Waals surface area contributed by atoms with Crippen LogP contribution in [0.3, 0.4) is 0 Å². The van der Waals surface area contributed by atoms with Crippen LogP contribution in [0, 0.1) is 0 Å². The van der Waals surface area contributed by atoms with Gasteiger partial charge >= 0.3 is 0 Å². The van der Waals surface area contributed by atoms with Crippen molar-refractivity contribution in [1.29, 1.82) is 0 Å². The van der Waals surface area contributed by atoms with Crippen molar-refractivity contribution in [3.63, 3.8) is 0 Å². The summed E-state index contributed by atoms with van der Waals surface area (Å²) in [5, 5.41) is 3.49. The lowest BCUT2D eigenvalue weighted by molar-refractivity contribution is 0.309. The molecular formula is C10H11BrClN3.